The van der Waals surface area contributed by atoms with E-state index in [1.165, 1.54) is 11.8 Å². The monoisotopic (exact) mass is 261 g/mol. The summed E-state index contributed by atoms with van der Waals surface area (Å²) < 4.78 is 23.0. The number of nitrogens with zero attached hydrogens (tertiary/aromatic N) is 1. The lowest BCUT2D eigenvalue weighted by molar-refractivity contribution is -0.157. The molecule has 0 aromatic rings. The largest absolute Gasteiger partial charge is 0.479 e. The van der Waals surface area contributed by atoms with Gasteiger partial charge < -0.3 is 10.0 Å². The third kappa shape index (κ3) is 2.03. The van der Waals surface area contributed by atoms with Crippen molar-refractivity contribution in [1.29, 1.82) is 0 Å². The molecule has 0 aromatic carbocycles. The maximum Gasteiger partial charge on any atom is 0.330 e. The molecule has 2 aliphatic rings. The highest BCUT2D eigenvalue weighted by Crippen LogP contribution is 2.39. The van der Waals surface area contributed by atoms with Crippen molar-refractivity contribution in [3.8, 4) is 0 Å². The molecule has 1 aliphatic heterocycles. The van der Waals surface area contributed by atoms with Crippen molar-refractivity contribution in [3.05, 3.63) is 0 Å². The number of aliphatic carboxylic acids is 1. The summed E-state index contributed by atoms with van der Waals surface area (Å²) in [5.74, 6) is -2.17. The van der Waals surface area contributed by atoms with Gasteiger partial charge in [-0.25, -0.2) is 13.2 Å². The second-order valence-electron chi connectivity index (χ2n) is 4.80. The van der Waals surface area contributed by atoms with Crippen LogP contribution in [-0.4, -0.2) is 53.4 Å². The number of carbonyl (C=O) groups is 2. The summed E-state index contributed by atoms with van der Waals surface area (Å²) in [6, 6.07) is -0.100. The second kappa shape index (κ2) is 3.69. The Bertz CT molecular complexity index is 467. The van der Waals surface area contributed by atoms with E-state index < -0.39 is 27.1 Å². The van der Waals surface area contributed by atoms with Crippen LogP contribution in [0.4, 0.5) is 0 Å². The van der Waals surface area contributed by atoms with Gasteiger partial charge in [0.2, 0.25) is 5.91 Å². The molecule has 2 fully saturated rings. The molecule has 1 saturated heterocycles. The number of carboxylic acids is 1. The molecule has 6 nitrogen and oxygen atoms in total. The number of rotatable bonds is 3. The minimum absolute atomic E-state index is 0.000741. The van der Waals surface area contributed by atoms with E-state index >= 15 is 0 Å². The first-order valence-corrected chi connectivity index (χ1v) is 7.34. The van der Waals surface area contributed by atoms with Gasteiger partial charge in [0.05, 0.1) is 11.5 Å². The minimum atomic E-state index is -3.36. The Morgan fingerprint density at radius 1 is 1.35 bits per heavy atom. The van der Waals surface area contributed by atoms with Crippen LogP contribution in [0.15, 0.2) is 0 Å². The lowest BCUT2D eigenvalue weighted by atomic mass is 9.96. The van der Waals surface area contributed by atoms with Crippen LogP contribution in [0.25, 0.3) is 0 Å². The summed E-state index contributed by atoms with van der Waals surface area (Å²) in [7, 11) is -3.36. The summed E-state index contributed by atoms with van der Waals surface area (Å²) in [6.07, 6.45) is 1.52. The van der Waals surface area contributed by atoms with Crippen LogP contribution in [0.2, 0.25) is 0 Å². The first kappa shape index (κ1) is 12.3. The van der Waals surface area contributed by atoms with Gasteiger partial charge in [-0.1, -0.05) is 0 Å². The average molecular weight is 261 g/mol. The quantitative estimate of drug-likeness (QED) is 0.749. The molecular weight excluding hydrogens is 246 g/mol. The van der Waals surface area contributed by atoms with Crippen LogP contribution >= 0.6 is 0 Å². The molecule has 0 radical (unpaired) electrons. The van der Waals surface area contributed by atoms with Crippen LogP contribution in [0, 0.1) is 0 Å². The number of hydrogen-bond donors (Lipinski definition) is 1. The molecule has 96 valence electrons. The van der Waals surface area contributed by atoms with Gasteiger partial charge in [0.15, 0.2) is 15.4 Å². The third-order valence-electron chi connectivity index (χ3n) is 3.40. The Labute approximate surface area is 99.5 Å². The summed E-state index contributed by atoms with van der Waals surface area (Å²) in [6.45, 7) is 1.30. The van der Waals surface area contributed by atoms with E-state index in [0.29, 0.717) is 0 Å². The fraction of sp³-hybridized carbons (Fsp3) is 0.800. The van der Waals surface area contributed by atoms with Crippen LogP contribution in [0.3, 0.4) is 0 Å². The smallest absolute Gasteiger partial charge is 0.330 e. The molecule has 1 N–H and O–H groups in total. The van der Waals surface area contributed by atoms with Crippen LogP contribution in [0.1, 0.15) is 26.2 Å². The Morgan fingerprint density at radius 3 is 2.24 bits per heavy atom. The Hall–Kier alpha value is -1.11. The van der Waals surface area contributed by atoms with E-state index in [-0.39, 0.29) is 24.1 Å². The predicted molar refractivity (Wildman–Crippen MR) is 59.2 cm³/mol. The standard InChI is InChI=1S/C10H15NO5S/c1-7(12)11(8-2-3-8)10(9(13)14)4-5-17(15,16)6-10/h8H,2-6H2,1H3,(H,13,14). The number of sulfone groups is 1. The van der Waals surface area contributed by atoms with E-state index in [2.05, 4.69) is 0 Å². The van der Waals surface area contributed by atoms with Crippen LogP contribution < -0.4 is 0 Å². The predicted octanol–water partition coefficient (Wildman–Crippen LogP) is -0.361. The summed E-state index contributed by atoms with van der Waals surface area (Å²) in [5, 5.41) is 9.33. The van der Waals surface area contributed by atoms with Gasteiger partial charge in [-0.2, -0.15) is 0 Å². The highest BCUT2D eigenvalue weighted by Gasteiger charge is 2.57. The molecule has 0 spiro atoms. The Morgan fingerprint density at radius 2 is 1.94 bits per heavy atom. The van der Waals surface area contributed by atoms with Crippen molar-refractivity contribution < 1.29 is 23.1 Å². The van der Waals surface area contributed by atoms with Gasteiger partial charge in [-0.05, 0) is 19.3 Å². The van der Waals surface area contributed by atoms with Crippen molar-refractivity contribution in [2.75, 3.05) is 11.5 Å². The lowest BCUT2D eigenvalue weighted by Gasteiger charge is -2.36. The molecule has 1 atom stereocenters. The van der Waals surface area contributed by atoms with Crippen molar-refractivity contribution in [3.63, 3.8) is 0 Å². The normalized spacial score (nSPS) is 31.1. The van der Waals surface area contributed by atoms with Gasteiger partial charge in [0.1, 0.15) is 0 Å². The summed E-state index contributed by atoms with van der Waals surface area (Å²) in [4.78, 5) is 24.3. The number of carbonyl (C=O) groups excluding carboxylic acids is 1. The fourth-order valence-corrected chi connectivity index (χ4v) is 4.46. The molecule has 2 rings (SSSR count). The Balaban J connectivity index is 2.41. The molecule has 0 aromatic heterocycles. The number of amides is 1. The molecular formula is C10H15NO5S. The molecule has 1 heterocycles. The maximum absolute atomic E-state index is 11.6. The minimum Gasteiger partial charge on any atom is -0.479 e. The van der Waals surface area contributed by atoms with E-state index in [4.69, 9.17) is 0 Å². The van der Waals surface area contributed by atoms with Crippen molar-refractivity contribution in [1.82, 2.24) is 4.90 Å². The number of hydrogen-bond acceptors (Lipinski definition) is 4. The Kier molecular flexibility index (Phi) is 2.68. The maximum atomic E-state index is 11.6. The second-order valence-corrected chi connectivity index (χ2v) is 6.98. The van der Waals surface area contributed by atoms with E-state index in [0.717, 1.165) is 12.8 Å². The molecule has 1 unspecified atom stereocenters. The van der Waals surface area contributed by atoms with Crippen LogP contribution in [0.5, 0.6) is 0 Å². The number of carboxylic acid groups (broad SMARTS) is 1. The summed E-state index contributed by atoms with van der Waals surface area (Å²) in [5.41, 5.74) is -1.54. The molecule has 7 heteroatoms. The topological polar surface area (TPSA) is 91.8 Å². The van der Waals surface area contributed by atoms with Crippen molar-refractivity contribution in [2.45, 2.75) is 37.8 Å². The molecule has 1 amide bonds. The van der Waals surface area contributed by atoms with Gasteiger partial charge in [-0.3, -0.25) is 4.79 Å². The zero-order valence-electron chi connectivity index (χ0n) is 9.55. The highest BCUT2D eigenvalue weighted by molar-refractivity contribution is 7.91. The summed E-state index contributed by atoms with van der Waals surface area (Å²) >= 11 is 0. The lowest BCUT2D eigenvalue weighted by Crippen LogP contribution is -2.58. The molecule has 1 saturated carbocycles. The first-order chi connectivity index (χ1) is 7.78. The van der Waals surface area contributed by atoms with E-state index in [9.17, 15) is 23.1 Å². The van der Waals surface area contributed by atoms with Gasteiger partial charge in [0.25, 0.3) is 0 Å². The highest BCUT2D eigenvalue weighted by atomic mass is 32.2. The van der Waals surface area contributed by atoms with Gasteiger partial charge in [0, 0.05) is 13.0 Å². The molecule has 17 heavy (non-hydrogen) atoms. The van der Waals surface area contributed by atoms with Crippen molar-refractivity contribution >= 4 is 21.7 Å². The van der Waals surface area contributed by atoms with E-state index in [1.807, 2.05) is 0 Å². The third-order valence-corrected chi connectivity index (χ3v) is 5.14. The zero-order chi connectivity index (χ0) is 12.8. The van der Waals surface area contributed by atoms with Gasteiger partial charge in [-0.15, -0.1) is 0 Å². The molecule has 0 bridgehead atoms. The average Bonchev–Trinajstić information content (AvgIpc) is 2.92. The van der Waals surface area contributed by atoms with Crippen LogP contribution in [-0.2, 0) is 19.4 Å². The van der Waals surface area contributed by atoms with Crippen molar-refractivity contribution in [2.24, 2.45) is 0 Å². The molecule has 1 aliphatic carbocycles. The van der Waals surface area contributed by atoms with E-state index in [1.54, 1.807) is 0 Å². The van der Waals surface area contributed by atoms with Gasteiger partial charge >= 0.3 is 5.97 Å². The fourth-order valence-electron chi connectivity index (χ4n) is 2.53. The first-order valence-electron chi connectivity index (χ1n) is 5.52. The zero-order valence-corrected chi connectivity index (χ0v) is 10.4. The SMILES string of the molecule is CC(=O)N(C1CC1)C1(C(=O)O)CCS(=O)(=O)C1.